The number of rotatable bonds is 12. The van der Waals surface area contributed by atoms with Crippen molar-refractivity contribution in [1.82, 2.24) is 10.2 Å². The molecule has 38 heavy (non-hydrogen) atoms. The van der Waals surface area contributed by atoms with Gasteiger partial charge in [0.05, 0.1) is 17.7 Å². The molecule has 0 heterocycles. The van der Waals surface area contributed by atoms with Crippen molar-refractivity contribution >= 4 is 27.5 Å². The van der Waals surface area contributed by atoms with E-state index in [2.05, 4.69) is 5.32 Å². The summed E-state index contributed by atoms with van der Waals surface area (Å²) in [5.41, 5.74) is 1.04. The predicted molar refractivity (Wildman–Crippen MR) is 148 cm³/mol. The zero-order valence-corrected chi connectivity index (χ0v) is 23.0. The lowest BCUT2D eigenvalue weighted by Gasteiger charge is -2.32. The molecule has 202 valence electrons. The van der Waals surface area contributed by atoms with Gasteiger partial charge in [0, 0.05) is 12.6 Å². The Morgan fingerprint density at radius 1 is 0.895 bits per heavy atom. The first kappa shape index (κ1) is 28.7. The van der Waals surface area contributed by atoms with Crippen LogP contribution in [0.4, 0.5) is 5.69 Å². The van der Waals surface area contributed by atoms with E-state index in [4.69, 9.17) is 4.74 Å². The fourth-order valence-electron chi connectivity index (χ4n) is 3.90. The van der Waals surface area contributed by atoms with Crippen molar-refractivity contribution in [3.63, 3.8) is 0 Å². The standard InChI is InChI=1S/C29H35N3O5S/c1-5-22(2)30-29(34)23(3)31(20-24-14-8-6-9-15-24)28(33)21-32(26-18-12-13-19-27(26)37-4)38(35,36)25-16-10-7-11-17-25/h6-19,22-23H,5,20-21H2,1-4H3,(H,30,34)/t22-,23-/m0/s1. The minimum absolute atomic E-state index is 0.0378. The highest BCUT2D eigenvalue weighted by Crippen LogP contribution is 2.32. The van der Waals surface area contributed by atoms with Crippen LogP contribution in [0, 0.1) is 0 Å². The van der Waals surface area contributed by atoms with Gasteiger partial charge in [0.25, 0.3) is 10.0 Å². The fourth-order valence-corrected chi connectivity index (χ4v) is 5.34. The zero-order chi connectivity index (χ0) is 27.7. The number of hydrogen-bond acceptors (Lipinski definition) is 5. The van der Waals surface area contributed by atoms with Gasteiger partial charge in [-0.1, -0.05) is 67.6 Å². The van der Waals surface area contributed by atoms with Crippen LogP contribution in [0.2, 0.25) is 0 Å². The molecule has 0 fully saturated rings. The first-order valence-electron chi connectivity index (χ1n) is 12.5. The first-order valence-corrected chi connectivity index (χ1v) is 14.0. The maximum absolute atomic E-state index is 13.9. The lowest BCUT2D eigenvalue weighted by molar-refractivity contribution is -0.139. The smallest absolute Gasteiger partial charge is 0.264 e. The summed E-state index contributed by atoms with van der Waals surface area (Å²) >= 11 is 0. The normalized spacial score (nSPS) is 12.7. The summed E-state index contributed by atoms with van der Waals surface area (Å²) in [5.74, 6) is -0.526. The van der Waals surface area contributed by atoms with Crippen molar-refractivity contribution in [2.24, 2.45) is 0 Å². The molecule has 2 atom stereocenters. The van der Waals surface area contributed by atoms with Crippen LogP contribution in [0.25, 0.3) is 0 Å². The van der Waals surface area contributed by atoms with Gasteiger partial charge in [-0.05, 0) is 50.1 Å². The van der Waals surface area contributed by atoms with E-state index in [0.29, 0.717) is 5.75 Å². The average Bonchev–Trinajstić information content (AvgIpc) is 2.94. The number of nitrogens with zero attached hydrogens (tertiary/aromatic N) is 2. The lowest BCUT2D eigenvalue weighted by atomic mass is 10.1. The second-order valence-corrected chi connectivity index (χ2v) is 10.9. The zero-order valence-electron chi connectivity index (χ0n) is 22.2. The van der Waals surface area contributed by atoms with Crippen molar-refractivity contribution in [2.45, 2.75) is 50.7 Å². The molecular weight excluding hydrogens is 502 g/mol. The summed E-state index contributed by atoms with van der Waals surface area (Å²) in [6.07, 6.45) is 0.738. The van der Waals surface area contributed by atoms with Gasteiger partial charge >= 0.3 is 0 Å². The van der Waals surface area contributed by atoms with E-state index in [9.17, 15) is 18.0 Å². The number of nitrogens with one attached hydrogen (secondary N) is 1. The molecule has 0 radical (unpaired) electrons. The molecule has 3 aromatic carbocycles. The van der Waals surface area contributed by atoms with E-state index < -0.39 is 28.5 Å². The number of anilines is 1. The highest BCUT2D eigenvalue weighted by molar-refractivity contribution is 7.92. The van der Waals surface area contributed by atoms with Crippen LogP contribution < -0.4 is 14.4 Å². The molecule has 1 N–H and O–H groups in total. The first-order chi connectivity index (χ1) is 18.2. The maximum Gasteiger partial charge on any atom is 0.264 e. The molecule has 0 saturated heterocycles. The minimum Gasteiger partial charge on any atom is -0.495 e. The molecule has 8 nitrogen and oxygen atoms in total. The Hall–Kier alpha value is -3.85. The van der Waals surface area contributed by atoms with Crippen molar-refractivity contribution in [2.75, 3.05) is 18.0 Å². The number of sulfonamides is 1. The van der Waals surface area contributed by atoms with Gasteiger partial charge in [-0.2, -0.15) is 0 Å². The minimum atomic E-state index is -4.15. The Bertz CT molecular complexity index is 1320. The Morgan fingerprint density at radius 3 is 2.08 bits per heavy atom. The van der Waals surface area contributed by atoms with Crippen LogP contribution in [0.15, 0.2) is 89.8 Å². The van der Waals surface area contributed by atoms with Crippen LogP contribution in [-0.4, -0.2) is 50.9 Å². The summed E-state index contributed by atoms with van der Waals surface area (Å²) < 4.78 is 34.1. The highest BCUT2D eigenvalue weighted by Gasteiger charge is 2.33. The molecule has 0 aliphatic heterocycles. The van der Waals surface area contributed by atoms with Crippen molar-refractivity contribution in [3.8, 4) is 5.75 Å². The van der Waals surface area contributed by atoms with Crippen LogP contribution >= 0.6 is 0 Å². The number of amides is 2. The molecule has 0 aliphatic rings. The van der Waals surface area contributed by atoms with Gasteiger partial charge in [0.15, 0.2) is 0 Å². The average molecular weight is 538 g/mol. The molecule has 0 saturated carbocycles. The van der Waals surface area contributed by atoms with E-state index in [1.165, 1.54) is 24.1 Å². The van der Waals surface area contributed by atoms with Crippen LogP contribution in [0.5, 0.6) is 5.75 Å². The second-order valence-electron chi connectivity index (χ2n) is 9.00. The predicted octanol–water partition coefficient (Wildman–Crippen LogP) is 4.22. The van der Waals surface area contributed by atoms with Gasteiger partial charge in [-0.3, -0.25) is 13.9 Å². The summed E-state index contributed by atoms with van der Waals surface area (Å²) in [6.45, 7) is 5.12. The topological polar surface area (TPSA) is 96.0 Å². The van der Waals surface area contributed by atoms with E-state index in [1.54, 1.807) is 49.4 Å². The molecule has 0 bridgehead atoms. The summed E-state index contributed by atoms with van der Waals surface area (Å²) in [5, 5.41) is 2.93. The van der Waals surface area contributed by atoms with Crippen molar-refractivity contribution in [3.05, 3.63) is 90.5 Å². The maximum atomic E-state index is 13.9. The Morgan fingerprint density at radius 2 is 1.47 bits per heavy atom. The third-order valence-electron chi connectivity index (χ3n) is 6.33. The van der Waals surface area contributed by atoms with Gasteiger partial charge in [-0.15, -0.1) is 0 Å². The quantitative estimate of drug-likeness (QED) is 0.373. The molecule has 9 heteroatoms. The largest absolute Gasteiger partial charge is 0.495 e. The molecule has 3 rings (SSSR count). The molecule has 0 aromatic heterocycles. The van der Waals surface area contributed by atoms with Gasteiger partial charge in [-0.25, -0.2) is 8.42 Å². The molecule has 0 aliphatic carbocycles. The van der Waals surface area contributed by atoms with Crippen LogP contribution in [0.1, 0.15) is 32.8 Å². The number of methoxy groups -OCH3 is 1. The third kappa shape index (κ3) is 6.92. The Kier molecular flexibility index (Phi) is 9.90. The number of hydrogen-bond donors (Lipinski definition) is 1. The number of para-hydroxylation sites is 2. The van der Waals surface area contributed by atoms with Crippen LogP contribution in [-0.2, 0) is 26.2 Å². The van der Waals surface area contributed by atoms with E-state index in [1.807, 2.05) is 44.2 Å². The number of carbonyl (C=O) groups excluding carboxylic acids is 2. The Labute approximate surface area is 225 Å². The van der Waals surface area contributed by atoms with Crippen molar-refractivity contribution in [1.29, 1.82) is 0 Å². The highest BCUT2D eigenvalue weighted by atomic mass is 32.2. The van der Waals surface area contributed by atoms with E-state index in [0.717, 1.165) is 16.3 Å². The second kappa shape index (κ2) is 13.1. The van der Waals surface area contributed by atoms with E-state index in [-0.39, 0.29) is 29.1 Å². The van der Waals surface area contributed by atoms with Crippen molar-refractivity contribution < 1.29 is 22.7 Å². The molecule has 0 unspecified atom stereocenters. The van der Waals surface area contributed by atoms with E-state index >= 15 is 0 Å². The van der Waals surface area contributed by atoms with Gasteiger partial charge < -0.3 is 15.0 Å². The lowest BCUT2D eigenvalue weighted by Crippen LogP contribution is -2.52. The molecular formula is C29H35N3O5S. The SMILES string of the molecule is CC[C@H](C)NC(=O)[C@H](C)N(Cc1ccccc1)C(=O)CN(c1ccccc1OC)S(=O)(=O)c1ccccc1. The molecule has 2 amide bonds. The number of ether oxygens (including phenoxy) is 1. The monoisotopic (exact) mass is 537 g/mol. The number of carbonyl (C=O) groups is 2. The summed E-state index contributed by atoms with van der Waals surface area (Å²) in [6, 6.07) is 22.9. The molecule has 0 spiro atoms. The summed E-state index contributed by atoms with van der Waals surface area (Å²) in [7, 11) is -2.71. The number of benzene rings is 3. The third-order valence-corrected chi connectivity index (χ3v) is 8.10. The van der Waals surface area contributed by atoms with Gasteiger partial charge in [0.1, 0.15) is 18.3 Å². The summed E-state index contributed by atoms with van der Waals surface area (Å²) in [4.78, 5) is 28.4. The van der Waals surface area contributed by atoms with Crippen LogP contribution in [0.3, 0.4) is 0 Å². The fraction of sp³-hybridized carbons (Fsp3) is 0.310. The Balaban J connectivity index is 2.03. The molecule has 3 aromatic rings. The van der Waals surface area contributed by atoms with Gasteiger partial charge in [0.2, 0.25) is 11.8 Å².